The first-order valence-corrected chi connectivity index (χ1v) is 12.1. The second-order valence-corrected chi connectivity index (χ2v) is 9.15. The number of aliphatic hydroxyl groups excluding tert-OH is 1. The minimum absolute atomic E-state index is 0.178. The van der Waals surface area contributed by atoms with Crippen LogP contribution in [-0.4, -0.2) is 48.2 Å². The highest BCUT2D eigenvalue weighted by Gasteiger charge is 2.29. The Morgan fingerprint density at radius 1 is 1.03 bits per heavy atom. The van der Waals surface area contributed by atoms with Crippen LogP contribution in [0.25, 0.3) is 11.3 Å². The fraction of sp³-hybridized carbons (Fsp3) is 0.241. The first-order valence-electron chi connectivity index (χ1n) is 12.1. The Morgan fingerprint density at radius 3 is 2.44 bits per heavy atom. The summed E-state index contributed by atoms with van der Waals surface area (Å²) in [6.45, 7) is 2.65. The molecule has 1 amide bonds. The topological polar surface area (TPSA) is 90.9 Å². The quantitative estimate of drug-likeness (QED) is 0.357. The van der Waals surface area contributed by atoms with Crippen LogP contribution in [-0.2, 0) is 16.1 Å². The first kappa shape index (κ1) is 23.8. The molecule has 3 aromatic carbocycles. The molecule has 5 rings (SSSR count). The number of hydrogen-bond acceptors (Lipinski definition) is 6. The van der Waals surface area contributed by atoms with Crippen molar-refractivity contribution in [3.63, 3.8) is 0 Å². The van der Waals surface area contributed by atoms with Crippen molar-refractivity contribution in [1.29, 1.82) is 0 Å². The molecule has 0 unspecified atom stereocenters. The van der Waals surface area contributed by atoms with Crippen LogP contribution in [0, 0.1) is 0 Å². The molecule has 7 nitrogen and oxygen atoms in total. The molecule has 2 heterocycles. The summed E-state index contributed by atoms with van der Waals surface area (Å²) in [5.41, 5.74) is 5.84. The Kier molecular flexibility index (Phi) is 6.84. The number of esters is 1. The highest BCUT2D eigenvalue weighted by molar-refractivity contribution is 6.37. The van der Waals surface area contributed by atoms with Crippen molar-refractivity contribution in [3.8, 4) is 0 Å². The van der Waals surface area contributed by atoms with Crippen LogP contribution in [0.4, 0.5) is 11.4 Å². The number of carbonyl (C=O) groups excluding carboxylic acids is 2. The molecule has 0 atom stereocenters. The molecular formula is C29H29N3O4. The molecular weight excluding hydrogens is 454 g/mol. The van der Waals surface area contributed by atoms with Gasteiger partial charge in [0, 0.05) is 30.9 Å². The summed E-state index contributed by atoms with van der Waals surface area (Å²) in [5, 5.41) is 16.1. The molecule has 0 saturated carbocycles. The number of piperidine rings is 1. The van der Waals surface area contributed by atoms with Crippen molar-refractivity contribution in [2.75, 3.05) is 30.8 Å². The number of methoxy groups -OCH3 is 1. The van der Waals surface area contributed by atoms with Gasteiger partial charge >= 0.3 is 5.97 Å². The average Bonchev–Trinajstić information content (AvgIpc) is 3.24. The molecule has 7 heteroatoms. The van der Waals surface area contributed by atoms with Gasteiger partial charge in [-0.2, -0.15) is 0 Å². The van der Waals surface area contributed by atoms with Crippen molar-refractivity contribution < 1.29 is 19.4 Å². The van der Waals surface area contributed by atoms with Gasteiger partial charge in [-0.15, -0.1) is 0 Å². The van der Waals surface area contributed by atoms with Crippen molar-refractivity contribution >= 4 is 34.5 Å². The van der Waals surface area contributed by atoms with Crippen LogP contribution in [0.1, 0.15) is 39.9 Å². The van der Waals surface area contributed by atoms with Gasteiger partial charge in [0.25, 0.3) is 5.91 Å². The number of benzene rings is 3. The SMILES string of the molecule is COC(=O)c1ccc2c(c1)NC(=O)C2=C(Nc1ccc(CN2CCC(O)CC2)cc1)c1ccccc1. The van der Waals surface area contributed by atoms with Crippen LogP contribution in [0.3, 0.4) is 0 Å². The van der Waals surface area contributed by atoms with Gasteiger partial charge in [-0.3, -0.25) is 9.69 Å². The Bertz CT molecular complexity index is 1290. The van der Waals surface area contributed by atoms with E-state index in [-0.39, 0.29) is 12.0 Å². The molecule has 3 aromatic rings. The van der Waals surface area contributed by atoms with E-state index < -0.39 is 5.97 Å². The number of anilines is 2. The maximum atomic E-state index is 13.1. The average molecular weight is 484 g/mol. The third-order valence-electron chi connectivity index (χ3n) is 6.68. The molecule has 0 aliphatic carbocycles. The number of amides is 1. The summed E-state index contributed by atoms with van der Waals surface area (Å²) in [4.78, 5) is 27.5. The number of aliphatic hydroxyl groups is 1. The fourth-order valence-corrected chi connectivity index (χ4v) is 4.72. The van der Waals surface area contributed by atoms with Crippen molar-refractivity contribution in [2.45, 2.75) is 25.5 Å². The maximum absolute atomic E-state index is 13.1. The van der Waals surface area contributed by atoms with Gasteiger partial charge in [-0.1, -0.05) is 48.5 Å². The number of carbonyl (C=O) groups is 2. The van der Waals surface area contributed by atoms with Crippen LogP contribution in [0.15, 0.2) is 72.8 Å². The molecule has 3 N–H and O–H groups in total. The zero-order valence-corrected chi connectivity index (χ0v) is 20.2. The summed E-state index contributed by atoms with van der Waals surface area (Å²) in [7, 11) is 1.33. The highest BCUT2D eigenvalue weighted by Crippen LogP contribution is 2.38. The van der Waals surface area contributed by atoms with E-state index in [0.29, 0.717) is 22.5 Å². The van der Waals surface area contributed by atoms with E-state index in [4.69, 9.17) is 4.74 Å². The molecule has 0 bridgehead atoms. The van der Waals surface area contributed by atoms with Crippen molar-refractivity contribution in [2.24, 2.45) is 0 Å². The number of fused-ring (bicyclic) bond motifs is 1. The Balaban J connectivity index is 1.45. The molecule has 2 aliphatic heterocycles. The minimum Gasteiger partial charge on any atom is -0.465 e. The Hall–Kier alpha value is -3.94. The van der Waals surface area contributed by atoms with E-state index in [1.165, 1.54) is 12.7 Å². The molecule has 36 heavy (non-hydrogen) atoms. The second-order valence-electron chi connectivity index (χ2n) is 9.15. The van der Waals surface area contributed by atoms with Gasteiger partial charge in [-0.05, 0) is 48.2 Å². The predicted octanol–water partition coefficient (Wildman–Crippen LogP) is 4.36. The minimum atomic E-state index is -0.452. The third-order valence-corrected chi connectivity index (χ3v) is 6.68. The lowest BCUT2D eigenvalue weighted by molar-refractivity contribution is -0.110. The van der Waals surface area contributed by atoms with Gasteiger partial charge in [0.15, 0.2) is 0 Å². The van der Waals surface area contributed by atoms with Crippen LogP contribution in [0.2, 0.25) is 0 Å². The van der Waals surface area contributed by atoms with Gasteiger partial charge < -0.3 is 20.5 Å². The number of hydrogen-bond donors (Lipinski definition) is 3. The van der Waals surface area contributed by atoms with E-state index >= 15 is 0 Å². The van der Waals surface area contributed by atoms with Crippen LogP contribution in [0.5, 0.6) is 0 Å². The summed E-state index contributed by atoms with van der Waals surface area (Å²) < 4.78 is 4.82. The Morgan fingerprint density at radius 2 is 1.75 bits per heavy atom. The number of ether oxygens (including phenoxy) is 1. The largest absolute Gasteiger partial charge is 0.465 e. The van der Waals surface area contributed by atoms with E-state index in [9.17, 15) is 14.7 Å². The Labute approximate surface area is 210 Å². The lowest BCUT2D eigenvalue weighted by Gasteiger charge is -2.29. The van der Waals surface area contributed by atoms with Gasteiger partial charge in [-0.25, -0.2) is 4.79 Å². The zero-order valence-electron chi connectivity index (χ0n) is 20.2. The van der Waals surface area contributed by atoms with Gasteiger partial charge in [0.2, 0.25) is 0 Å². The van der Waals surface area contributed by atoms with E-state index in [1.807, 2.05) is 42.5 Å². The first-order chi connectivity index (χ1) is 17.5. The predicted molar refractivity (Wildman–Crippen MR) is 140 cm³/mol. The number of likely N-dealkylation sites (tertiary alicyclic amines) is 1. The smallest absolute Gasteiger partial charge is 0.337 e. The molecule has 0 aromatic heterocycles. The fourth-order valence-electron chi connectivity index (χ4n) is 4.72. The molecule has 2 aliphatic rings. The van der Waals surface area contributed by atoms with Crippen molar-refractivity contribution in [1.82, 2.24) is 4.90 Å². The molecule has 0 spiro atoms. The number of rotatable bonds is 6. The number of nitrogens with one attached hydrogen (secondary N) is 2. The lowest BCUT2D eigenvalue weighted by Crippen LogP contribution is -2.35. The highest BCUT2D eigenvalue weighted by atomic mass is 16.5. The van der Waals surface area contributed by atoms with E-state index in [1.54, 1.807) is 18.2 Å². The van der Waals surface area contributed by atoms with Gasteiger partial charge in [0.05, 0.1) is 35.7 Å². The van der Waals surface area contributed by atoms with Crippen molar-refractivity contribution in [3.05, 3.63) is 95.1 Å². The van der Waals surface area contributed by atoms with Crippen LogP contribution >= 0.6 is 0 Å². The molecule has 0 radical (unpaired) electrons. The zero-order chi connectivity index (χ0) is 25.1. The summed E-state index contributed by atoms with van der Waals surface area (Å²) in [5.74, 6) is -0.686. The summed E-state index contributed by atoms with van der Waals surface area (Å²) >= 11 is 0. The molecule has 1 saturated heterocycles. The second kappa shape index (κ2) is 10.4. The number of nitrogens with zero attached hydrogens (tertiary/aromatic N) is 1. The van der Waals surface area contributed by atoms with Crippen LogP contribution < -0.4 is 10.6 Å². The molecule has 184 valence electrons. The van der Waals surface area contributed by atoms with Gasteiger partial charge in [0.1, 0.15) is 0 Å². The standard InChI is InChI=1S/C29H29N3O4/c1-36-29(35)21-9-12-24-25(17-21)31-28(34)26(24)27(20-5-3-2-4-6-20)30-22-10-7-19(8-11-22)18-32-15-13-23(33)14-16-32/h2-12,17,23,30,33H,13-16,18H2,1H3,(H,31,34). The third kappa shape index (κ3) is 5.03. The summed E-state index contributed by atoms with van der Waals surface area (Å²) in [6.07, 6.45) is 1.46. The summed E-state index contributed by atoms with van der Waals surface area (Å²) in [6, 6.07) is 23.0. The maximum Gasteiger partial charge on any atom is 0.337 e. The normalized spacial score (nSPS) is 17.3. The molecule has 1 fully saturated rings. The monoisotopic (exact) mass is 483 g/mol. The van der Waals surface area contributed by atoms with E-state index in [2.05, 4.69) is 27.7 Å². The lowest BCUT2D eigenvalue weighted by atomic mass is 9.99. The van der Waals surface area contributed by atoms with E-state index in [0.717, 1.165) is 49.3 Å².